The Hall–Kier alpha value is -1.86. The number of nitrogens with one attached hydrogen (secondary N) is 2. The first-order valence-corrected chi connectivity index (χ1v) is 13.0. The fourth-order valence-corrected chi connectivity index (χ4v) is 7.87. The highest BCUT2D eigenvalue weighted by Crippen LogP contribution is 2.55. The summed E-state index contributed by atoms with van der Waals surface area (Å²) in [4.78, 5) is 32.0. The molecule has 31 heavy (non-hydrogen) atoms. The van der Waals surface area contributed by atoms with Gasteiger partial charge in [0.1, 0.15) is 0 Å². The van der Waals surface area contributed by atoms with Crippen LogP contribution in [0.15, 0.2) is 29.2 Å². The Kier molecular flexibility index (Phi) is 5.59. The summed E-state index contributed by atoms with van der Waals surface area (Å²) in [7, 11) is 0. The predicted molar refractivity (Wildman–Crippen MR) is 126 cm³/mol. The van der Waals surface area contributed by atoms with Gasteiger partial charge in [-0.15, -0.1) is 23.1 Å². The maximum Gasteiger partial charge on any atom is 0.258 e. The molecule has 164 valence electrons. The van der Waals surface area contributed by atoms with E-state index in [0.717, 1.165) is 52.5 Å². The molecule has 0 spiro atoms. The molecule has 4 saturated carbocycles. The highest BCUT2D eigenvalue weighted by molar-refractivity contribution is 8.00. The molecule has 0 saturated heterocycles. The molecule has 0 radical (unpaired) electrons. The maximum absolute atomic E-state index is 12.9. The number of aromatic nitrogens is 1. The normalized spacial score (nSPS) is 28.5. The van der Waals surface area contributed by atoms with Gasteiger partial charge in [-0.1, -0.05) is 12.1 Å². The Morgan fingerprint density at radius 3 is 2.35 bits per heavy atom. The molecule has 2 N–H and O–H groups in total. The number of thiazole rings is 1. The van der Waals surface area contributed by atoms with Crippen LogP contribution in [0.5, 0.6) is 0 Å². The quantitative estimate of drug-likeness (QED) is 0.588. The van der Waals surface area contributed by atoms with Gasteiger partial charge in [0.2, 0.25) is 5.91 Å². The molecule has 5 nitrogen and oxygen atoms in total. The van der Waals surface area contributed by atoms with E-state index in [-0.39, 0.29) is 17.4 Å². The second kappa shape index (κ2) is 8.24. The van der Waals surface area contributed by atoms with Crippen molar-refractivity contribution in [1.29, 1.82) is 0 Å². The van der Waals surface area contributed by atoms with Crippen LogP contribution in [0.3, 0.4) is 0 Å². The second-order valence-corrected chi connectivity index (χ2v) is 11.9. The molecule has 2 aromatic rings. The van der Waals surface area contributed by atoms with E-state index in [1.807, 2.05) is 38.1 Å². The average molecular weight is 456 g/mol. The van der Waals surface area contributed by atoms with E-state index >= 15 is 0 Å². The van der Waals surface area contributed by atoms with E-state index < -0.39 is 0 Å². The largest absolute Gasteiger partial charge is 0.350 e. The standard InChI is InChI=1S/C24H29N3O2S2/c1-14-15(2)31-23(25-14)26-22(29)19-5-3-4-6-20(19)30-13-21(28)27-24-10-16-7-17(11-24)9-18(8-16)12-24/h3-6,16-18H,7-13H2,1-2H3,(H,27,28)(H,25,26,29). The van der Waals surface area contributed by atoms with E-state index in [0.29, 0.717) is 16.4 Å². The van der Waals surface area contributed by atoms with Gasteiger partial charge in [0.25, 0.3) is 5.91 Å². The molecule has 1 aromatic heterocycles. The van der Waals surface area contributed by atoms with Crippen molar-refractivity contribution in [3.63, 3.8) is 0 Å². The summed E-state index contributed by atoms with van der Waals surface area (Å²) in [5.74, 6) is 2.67. The number of amides is 2. The maximum atomic E-state index is 12.9. The third-order valence-electron chi connectivity index (χ3n) is 7.18. The number of hydrogen-bond donors (Lipinski definition) is 2. The number of hydrogen-bond acceptors (Lipinski definition) is 5. The Bertz CT molecular complexity index is 961. The van der Waals surface area contributed by atoms with Gasteiger partial charge in [-0.3, -0.25) is 14.9 Å². The van der Waals surface area contributed by atoms with Crippen LogP contribution in [0.4, 0.5) is 5.13 Å². The number of carbonyl (C=O) groups is 2. The van der Waals surface area contributed by atoms with Crippen molar-refractivity contribution in [1.82, 2.24) is 10.3 Å². The first-order chi connectivity index (χ1) is 14.9. The lowest BCUT2D eigenvalue weighted by Crippen LogP contribution is -2.60. The van der Waals surface area contributed by atoms with Gasteiger partial charge in [-0.2, -0.15) is 0 Å². The average Bonchev–Trinajstić information content (AvgIpc) is 3.02. The first kappa shape index (κ1) is 21.0. The summed E-state index contributed by atoms with van der Waals surface area (Å²) >= 11 is 2.92. The zero-order valence-electron chi connectivity index (χ0n) is 18.1. The number of carbonyl (C=O) groups excluding carboxylic acids is 2. The van der Waals surface area contributed by atoms with Crippen molar-refractivity contribution in [3.8, 4) is 0 Å². The van der Waals surface area contributed by atoms with Crippen LogP contribution in [0, 0.1) is 31.6 Å². The topological polar surface area (TPSA) is 71.1 Å². The molecular weight excluding hydrogens is 426 g/mol. The summed E-state index contributed by atoms with van der Waals surface area (Å²) in [5.41, 5.74) is 1.55. The zero-order valence-corrected chi connectivity index (χ0v) is 19.7. The fourth-order valence-electron chi connectivity index (χ4n) is 6.21. The third-order valence-corrected chi connectivity index (χ3v) is 9.24. The number of benzene rings is 1. The van der Waals surface area contributed by atoms with Crippen molar-refractivity contribution < 1.29 is 9.59 Å². The molecular formula is C24H29N3O2S2. The van der Waals surface area contributed by atoms with Crippen LogP contribution in [-0.2, 0) is 4.79 Å². The summed E-state index contributed by atoms with van der Waals surface area (Å²) in [5, 5.41) is 6.94. The zero-order chi connectivity index (χ0) is 21.6. The smallest absolute Gasteiger partial charge is 0.258 e. The number of aryl methyl sites for hydroxylation is 2. The first-order valence-electron chi connectivity index (χ1n) is 11.2. The van der Waals surface area contributed by atoms with Crippen LogP contribution in [-0.4, -0.2) is 28.1 Å². The Labute approximate surface area is 191 Å². The van der Waals surface area contributed by atoms with E-state index in [2.05, 4.69) is 15.6 Å². The molecule has 4 aliphatic carbocycles. The highest BCUT2D eigenvalue weighted by atomic mass is 32.2. The van der Waals surface area contributed by atoms with Crippen molar-refractivity contribution in [2.24, 2.45) is 17.8 Å². The molecule has 4 fully saturated rings. The monoisotopic (exact) mass is 455 g/mol. The van der Waals surface area contributed by atoms with Gasteiger partial charge in [0.05, 0.1) is 17.0 Å². The van der Waals surface area contributed by atoms with Gasteiger partial charge in [-0.25, -0.2) is 4.98 Å². The minimum absolute atomic E-state index is 0.0316. The van der Waals surface area contributed by atoms with Gasteiger partial charge < -0.3 is 5.32 Å². The lowest BCUT2D eigenvalue weighted by Gasteiger charge is -2.56. The lowest BCUT2D eigenvalue weighted by molar-refractivity contribution is -0.124. The lowest BCUT2D eigenvalue weighted by atomic mass is 9.53. The summed E-state index contributed by atoms with van der Waals surface area (Å²) in [6.07, 6.45) is 7.56. The molecule has 0 unspecified atom stereocenters. The van der Waals surface area contributed by atoms with Crippen LogP contribution in [0.2, 0.25) is 0 Å². The van der Waals surface area contributed by atoms with Crippen LogP contribution >= 0.6 is 23.1 Å². The Balaban J connectivity index is 1.22. The van der Waals surface area contributed by atoms with Crippen LogP contribution < -0.4 is 10.6 Å². The van der Waals surface area contributed by atoms with Gasteiger partial charge in [0, 0.05) is 15.3 Å². The van der Waals surface area contributed by atoms with E-state index in [9.17, 15) is 9.59 Å². The molecule has 6 rings (SSSR count). The highest BCUT2D eigenvalue weighted by Gasteiger charge is 2.51. The Morgan fingerprint density at radius 1 is 1.10 bits per heavy atom. The van der Waals surface area contributed by atoms with Crippen LogP contribution in [0.25, 0.3) is 0 Å². The summed E-state index contributed by atoms with van der Waals surface area (Å²) in [6, 6.07) is 7.48. The fraction of sp³-hybridized carbons (Fsp3) is 0.542. The molecule has 0 atom stereocenters. The van der Waals surface area contributed by atoms with Gasteiger partial charge >= 0.3 is 0 Å². The minimum atomic E-state index is -0.182. The van der Waals surface area contributed by atoms with Gasteiger partial charge in [-0.05, 0) is 82.3 Å². The van der Waals surface area contributed by atoms with Crippen molar-refractivity contribution in [2.75, 3.05) is 11.1 Å². The molecule has 4 aliphatic rings. The van der Waals surface area contributed by atoms with E-state index in [4.69, 9.17) is 0 Å². The van der Waals surface area contributed by atoms with Crippen molar-refractivity contribution in [2.45, 2.75) is 62.8 Å². The SMILES string of the molecule is Cc1nc(NC(=O)c2ccccc2SCC(=O)NC23CC4CC(CC(C4)C2)C3)sc1C. The van der Waals surface area contributed by atoms with Gasteiger partial charge in [0.15, 0.2) is 5.13 Å². The van der Waals surface area contributed by atoms with E-state index in [1.54, 1.807) is 0 Å². The van der Waals surface area contributed by atoms with Crippen molar-refractivity contribution >= 4 is 40.0 Å². The molecule has 1 aromatic carbocycles. The Morgan fingerprint density at radius 2 is 1.74 bits per heavy atom. The molecule has 7 heteroatoms. The minimum Gasteiger partial charge on any atom is -0.350 e. The third kappa shape index (κ3) is 4.40. The number of nitrogens with zero attached hydrogens (tertiary/aromatic N) is 1. The summed E-state index contributed by atoms with van der Waals surface area (Å²) < 4.78 is 0. The molecule has 4 bridgehead atoms. The molecule has 0 aliphatic heterocycles. The van der Waals surface area contributed by atoms with Crippen molar-refractivity contribution in [3.05, 3.63) is 40.4 Å². The molecule has 2 amide bonds. The number of thioether (sulfide) groups is 1. The van der Waals surface area contributed by atoms with Crippen LogP contribution in [0.1, 0.15) is 59.5 Å². The summed E-state index contributed by atoms with van der Waals surface area (Å²) in [6.45, 7) is 3.93. The number of rotatable bonds is 6. The second-order valence-electron chi connectivity index (χ2n) is 9.65. The predicted octanol–water partition coefficient (Wildman–Crippen LogP) is 5.19. The number of anilines is 1. The van der Waals surface area contributed by atoms with E-state index in [1.165, 1.54) is 42.4 Å². The molecule has 1 heterocycles.